The zero-order valence-electron chi connectivity index (χ0n) is 13.0. The molecule has 0 fully saturated rings. The maximum absolute atomic E-state index is 4.56. The average Bonchev–Trinajstić information content (AvgIpc) is 2.82. The summed E-state index contributed by atoms with van der Waals surface area (Å²) < 4.78 is 2.06. The van der Waals surface area contributed by atoms with Crippen LogP contribution in [0.25, 0.3) is 5.69 Å². The van der Waals surface area contributed by atoms with E-state index in [2.05, 4.69) is 67.1 Å². The highest BCUT2D eigenvalue weighted by molar-refractivity contribution is 5.37. The van der Waals surface area contributed by atoms with E-state index in [0.717, 1.165) is 25.2 Å². The first kappa shape index (κ1) is 14.8. The van der Waals surface area contributed by atoms with Crippen molar-refractivity contribution in [2.24, 2.45) is 5.92 Å². The first-order valence-corrected chi connectivity index (χ1v) is 7.45. The second-order valence-corrected chi connectivity index (χ2v) is 5.74. The Morgan fingerprint density at radius 1 is 1.20 bits per heavy atom. The lowest BCUT2D eigenvalue weighted by Crippen LogP contribution is -2.19. The highest BCUT2D eigenvalue weighted by atomic mass is 15.3. The minimum absolute atomic E-state index is 0.673. The molecule has 108 valence electrons. The van der Waals surface area contributed by atoms with Crippen LogP contribution in [0.5, 0.6) is 0 Å². The summed E-state index contributed by atoms with van der Waals surface area (Å²) in [5.41, 5.74) is 5.01. The maximum atomic E-state index is 4.56. The van der Waals surface area contributed by atoms with Crippen LogP contribution in [0, 0.1) is 12.8 Å². The molecule has 2 aromatic rings. The van der Waals surface area contributed by atoms with Gasteiger partial charge in [-0.2, -0.15) is 5.10 Å². The molecule has 0 radical (unpaired) electrons. The van der Waals surface area contributed by atoms with Gasteiger partial charge in [-0.1, -0.05) is 38.5 Å². The van der Waals surface area contributed by atoms with E-state index in [-0.39, 0.29) is 0 Å². The van der Waals surface area contributed by atoms with E-state index >= 15 is 0 Å². The molecule has 1 heterocycles. The van der Waals surface area contributed by atoms with Crippen molar-refractivity contribution in [3.05, 3.63) is 47.3 Å². The lowest BCUT2D eigenvalue weighted by atomic mass is 10.1. The van der Waals surface area contributed by atoms with Crippen LogP contribution in [0.15, 0.2) is 30.5 Å². The minimum atomic E-state index is 0.673. The number of nitrogens with one attached hydrogen (secondary N) is 1. The van der Waals surface area contributed by atoms with Gasteiger partial charge < -0.3 is 5.32 Å². The summed E-state index contributed by atoms with van der Waals surface area (Å²) in [6.07, 6.45) is 2.98. The molecule has 1 aromatic heterocycles. The lowest BCUT2D eigenvalue weighted by Gasteiger charge is -2.10. The van der Waals surface area contributed by atoms with Crippen molar-refractivity contribution in [1.82, 2.24) is 15.1 Å². The second-order valence-electron chi connectivity index (χ2n) is 5.74. The molecule has 0 bridgehead atoms. The van der Waals surface area contributed by atoms with Crippen molar-refractivity contribution in [2.45, 2.75) is 40.7 Å². The Balaban J connectivity index is 2.18. The normalized spacial score (nSPS) is 11.2. The molecular formula is C17H25N3. The van der Waals surface area contributed by atoms with Crippen molar-refractivity contribution < 1.29 is 0 Å². The highest BCUT2D eigenvalue weighted by Gasteiger charge is 2.10. The number of rotatable bonds is 6. The molecule has 1 N–H and O–H groups in total. The molecule has 20 heavy (non-hydrogen) atoms. The van der Waals surface area contributed by atoms with Gasteiger partial charge in [-0.3, -0.25) is 0 Å². The molecular weight excluding hydrogens is 246 g/mol. The van der Waals surface area contributed by atoms with E-state index in [0.29, 0.717) is 5.92 Å². The summed E-state index contributed by atoms with van der Waals surface area (Å²) in [7, 11) is 0. The Hall–Kier alpha value is -1.61. The van der Waals surface area contributed by atoms with Crippen LogP contribution in [0.1, 0.15) is 37.6 Å². The fourth-order valence-corrected chi connectivity index (χ4v) is 2.34. The molecule has 0 unspecified atom stereocenters. The van der Waals surface area contributed by atoms with E-state index < -0.39 is 0 Å². The molecule has 0 amide bonds. The van der Waals surface area contributed by atoms with Crippen molar-refractivity contribution in [3.63, 3.8) is 0 Å². The largest absolute Gasteiger partial charge is 0.312 e. The first-order valence-electron chi connectivity index (χ1n) is 7.45. The summed E-state index contributed by atoms with van der Waals surface area (Å²) in [6.45, 7) is 10.7. The zero-order valence-corrected chi connectivity index (χ0v) is 13.0. The zero-order chi connectivity index (χ0) is 14.5. The summed E-state index contributed by atoms with van der Waals surface area (Å²) in [4.78, 5) is 0. The average molecular weight is 271 g/mol. The molecule has 0 saturated heterocycles. The Bertz CT molecular complexity index is 538. The van der Waals surface area contributed by atoms with Crippen molar-refractivity contribution in [2.75, 3.05) is 6.54 Å². The number of benzene rings is 1. The monoisotopic (exact) mass is 271 g/mol. The molecule has 0 saturated carbocycles. The standard InChI is InChI=1S/C17H25N3/c1-5-17-15(11-18-10-13(2)3)12-19-20(17)16-8-6-14(4)7-9-16/h6-9,12-13,18H,5,10-11H2,1-4H3. The van der Waals surface area contributed by atoms with Crippen LogP contribution in [-0.4, -0.2) is 16.3 Å². The summed E-state index contributed by atoms with van der Waals surface area (Å²) in [5.74, 6) is 0.673. The smallest absolute Gasteiger partial charge is 0.0649 e. The Morgan fingerprint density at radius 3 is 2.50 bits per heavy atom. The van der Waals surface area contributed by atoms with Crippen LogP contribution < -0.4 is 5.32 Å². The number of aromatic nitrogens is 2. The highest BCUT2D eigenvalue weighted by Crippen LogP contribution is 2.16. The minimum Gasteiger partial charge on any atom is -0.312 e. The Labute approximate surface area is 122 Å². The summed E-state index contributed by atoms with van der Waals surface area (Å²) >= 11 is 0. The summed E-state index contributed by atoms with van der Waals surface area (Å²) in [6, 6.07) is 8.53. The van der Waals surface area contributed by atoms with Crippen molar-refractivity contribution >= 4 is 0 Å². The second kappa shape index (κ2) is 6.71. The van der Waals surface area contributed by atoms with Gasteiger partial charge in [0.05, 0.1) is 11.9 Å². The predicted octanol–water partition coefficient (Wildman–Crippen LogP) is 3.49. The van der Waals surface area contributed by atoms with Crippen molar-refractivity contribution in [3.8, 4) is 5.69 Å². The molecule has 3 heteroatoms. The molecule has 0 aliphatic rings. The molecule has 0 aliphatic carbocycles. The van der Waals surface area contributed by atoms with Gasteiger partial charge in [0.15, 0.2) is 0 Å². The molecule has 0 atom stereocenters. The topological polar surface area (TPSA) is 29.9 Å². The fraction of sp³-hybridized carbons (Fsp3) is 0.471. The van der Waals surface area contributed by atoms with Gasteiger partial charge in [-0.05, 0) is 37.9 Å². The fourth-order valence-electron chi connectivity index (χ4n) is 2.34. The van der Waals surface area contributed by atoms with Gasteiger partial charge in [0.25, 0.3) is 0 Å². The SMILES string of the molecule is CCc1c(CNCC(C)C)cnn1-c1ccc(C)cc1. The van der Waals surface area contributed by atoms with Crippen LogP contribution in [0.3, 0.4) is 0 Å². The van der Waals surface area contributed by atoms with Crippen molar-refractivity contribution in [1.29, 1.82) is 0 Å². The van der Waals surface area contributed by atoms with Gasteiger partial charge in [0.1, 0.15) is 0 Å². The molecule has 3 nitrogen and oxygen atoms in total. The van der Waals surface area contributed by atoms with Crippen LogP contribution in [-0.2, 0) is 13.0 Å². The third-order valence-electron chi connectivity index (χ3n) is 3.44. The molecule has 0 spiro atoms. The number of hydrogen-bond acceptors (Lipinski definition) is 2. The number of aryl methyl sites for hydroxylation is 1. The van der Waals surface area contributed by atoms with Gasteiger partial charge in [-0.15, -0.1) is 0 Å². The van der Waals surface area contributed by atoms with Gasteiger partial charge in [-0.25, -0.2) is 4.68 Å². The van der Waals surface area contributed by atoms with E-state index in [1.54, 1.807) is 0 Å². The van der Waals surface area contributed by atoms with Crippen LogP contribution in [0.4, 0.5) is 0 Å². The quantitative estimate of drug-likeness (QED) is 0.871. The molecule has 1 aromatic carbocycles. The van der Waals surface area contributed by atoms with E-state index in [9.17, 15) is 0 Å². The van der Waals surface area contributed by atoms with Gasteiger partial charge >= 0.3 is 0 Å². The third-order valence-corrected chi connectivity index (χ3v) is 3.44. The van der Waals surface area contributed by atoms with E-state index in [1.165, 1.54) is 16.8 Å². The van der Waals surface area contributed by atoms with E-state index in [1.807, 2.05) is 6.20 Å². The first-order chi connectivity index (χ1) is 9.61. The third kappa shape index (κ3) is 3.48. The Morgan fingerprint density at radius 2 is 1.90 bits per heavy atom. The van der Waals surface area contributed by atoms with E-state index in [4.69, 9.17) is 0 Å². The lowest BCUT2D eigenvalue weighted by molar-refractivity contribution is 0.551. The summed E-state index contributed by atoms with van der Waals surface area (Å²) in [5, 5.41) is 8.06. The van der Waals surface area contributed by atoms with Gasteiger partial charge in [0, 0.05) is 17.8 Å². The predicted molar refractivity (Wildman–Crippen MR) is 84.2 cm³/mol. The number of nitrogens with zero attached hydrogens (tertiary/aromatic N) is 2. The molecule has 2 rings (SSSR count). The van der Waals surface area contributed by atoms with Gasteiger partial charge in [0.2, 0.25) is 0 Å². The van der Waals surface area contributed by atoms with Crippen LogP contribution in [0.2, 0.25) is 0 Å². The molecule has 0 aliphatic heterocycles. The Kier molecular flexibility index (Phi) is 4.96. The number of hydrogen-bond donors (Lipinski definition) is 1. The maximum Gasteiger partial charge on any atom is 0.0649 e. The van der Waals surface area contributed by atoms with Crippen LogP contribution >= 0.6 is 0 Å².